The molecule has 0 spiro atoms. The molecule has 1 aliphatic rings. The number of hydrogen-bond acceptors (Lipinski definition) is 4. The van der Waals surface area contributed by atoms with E-state index in [0.717, 1.165) is 0 Å². The van der Waals surface area contributed by atoms with E-state index in [1.54, 1.807) is 0 Å². The lowest BCUT2D eigenvalue weighted by molar-refractivity contribution is -0.146. The molecule has 0 radical (unpaired) electrons. The first kappa shape index (κ1) is 10.5. The summed E-state index contributed by atoms with van der Waals surface area (Å²) >= 11 is 1.33. The summed E-state index contributed by atoms with van der Waals surface area (Å²) in [4.78, 5) is 23.9. The fraction of sp³-hybridized carbons (Fsp3) is 0.750. The van der Waals surface area contributed by atoms with E-state index >= 15 is 0 Å². The van der Waals surface area contributed by atoms with E-state index in [2.05, 4.69) is 0 Å². The molecule has 0 aliphatic carbocycles. The van der Waals surface area contributed by atoms with Gasteiger partial charge in [-0.1, -0.05) is 6.92 Å². The Morgan fingerprint density at radius 2 is 2.00 bits per heavy atom. The molecule has 1 aliphatic heterocycles. The van der Waals surface area contributed by atoms with Gasteiger partial charge >= 0.3 is 0 Å². The van der Waals surface area contributed by atoms with Gasteiger partial charge in [-0.3, -0.25) is 14.5 Å². The minimum Gasteiger partial charge on any atom is -0.394 e. The maximum Gasteiger partial charge on any atom is 0.239 e. The molecule has 1 atom stereocenters. The highest BCUT2D eigenvalue weighted by molar-refractivity contribution is 8.00. The molecule has 13 heavy (non-hydrogen) atoms. The van der Waals surface area contributed by atoms with Crippen LogP contribution in [0, 0.1) is 0 Å². The Labute approximate surface area is 81.3 Å². The molecule has 1 heterocycles. The van der Waals surface area contributed by atoms with Gasteiger partial charge in [-0.25, -0.2) is 0 Å². The highest BCUT2D eigenvalue weighted by Gasteiger charge is 2.31. The van der Waals surface area contributed by atoms with Gasteiger partial charge < -0.3 is 5.11 Å². The van der Waals surface area contributed by atoms with Gasteiger partial charge in [0.25, 0.3) is 0 Å². The van der Waals surface area contributed by atoms with Crippen LogP contribution in [0.1, 0.15) is 13.3 Å². The molecule has 0 aromatic heterocycles. The van der Waals surface area contributed by atoms with Gasteiger partial charge in [0.05, 0.1) is 24.2 Å². The minimum absolute atomic E-state index is 0.140. The molecule has 2 amide bonds. The van der Waals surface area contributed by atoms with Gasteiger partial charge in [0.15, 0.2) is 0 Å². The number of carbonyl (C=O) groups is 2. The highest BCUT2D eigenvalue weighted by Crippen LogP contribution is 2.16. The van der Waals surface area contributed by atoms with Gasteiger partial charge in [-0.2, -0.15) is 0 Å². The van der Waals surface area contributed by atoms with Crippen molar-refractivity contribution in [3.63, 3.8) is 0 Å². The molecule has 5 heteroatoms. The molecule has 1 saturated heterocycles. The van der Waals surface area contributed by atoms with Crippen LogP contribution in [0.25, 0.3) is 0 Å². The van der Waals surface area contributed by atoms with Crippen LogP contribution in [-0.4, -0.2) is 46.0 Å². The van der Waals surface area contributed by atoms with Crippen LogP contribution >= 0.6 is 11.8 Å². The van der Waals surface area contributed by atoms with E-state index in [9.17, 15) is 9.59 Å². The number of amides is 2. The average Bonchev–Trinajstić information content (AvgIpc) is 2.11. The maximum atomic E-state index is 11.3. The summed E-state index contributed by atoms with van der Waals surface area (Å²) in [6.07, 6.45) is 0.610. The SMILES string of the molecule is CC[C@H](CO)N1C(=O)CSCC1=O. The summed E-state index contributed by atoms with van der Waals surface area (Å²) in [5, 5.41) is 8.96. The largest absolute Gasteiger partial charge is 0.394 e. The van der Waals surface area contributed by atoms with Crippen LogP contribution in [0.3, 0.4) is 0 Å². The molecule has 0 aromatic carbocycles. The predicted octanol–water partition coefficient (Wildman–Crippen LogP) is -0.141. The summed E-state index contributed by atoms with van der Waals surface area (Å²) in [6, 6.07) is -0.333. The third-order valence-corrected chi connectivity index (χ3v) is 2.94. The maximum absolute atomic E-state index is 11.3. The van der Waals surface area contributed by atoms with E-state index in [0.29, 0.717) is 17.9 Å². The molecule has 4 nitrogen and oxygen atoms in total. The number of imide groups is 1. The smallest absolute Gasteiger partial charge is 0.239 e. The number of aliphatic hydroxyl groups excluding tert-OH is 1. The van der Waals surface area contributed by atoms with E-state index in [4.69, 9.17) is 5.11 Å². The quantitative estimate of drug-likeness (QED) is 0.649. The van der Waals surface area contributed by atoms with E-state index in [1.165, 1.54) is 16.7 Å². The zero-order valence-corrected chi connectivity index (χ0v) is 8.34. The lowest BCUT2D eigenvalue weighted by Gasteiger charge is -2.30. The summed E-state index contributed by atoms with van der Waals surface area (Å²) in [6.45, 7) is 1.71. The Morgan fingerprint density at radius 1 is 1.46 bits per heavy atom. The number of rotatable bonds is 3. The molecule has 0 bridgehead atoms. The molecule has 74 valence electrons. The Bertz CT molecular complexity index is 199. The first-order valence-corrected chi connectivity index (χ1v) is 5.39. The van der Waals surface area contributed by atoms with Crippen LogP contribution in [-0.2, 0) is 9.59 Å². The zero-order chi connectivity index (χ0) is 9.84. The standard InChI is InChI=1S/C8H13NO3S/c1-2-6(3-10)9-7(11)4-13-5-8(9)12/h6,10H,2-5H2,1H3/t6-/m1/s1. The van der Waals surface area contributed by atoms with Gasteiger partial charge in [0.2, 0.25) is 11.8 Å². The van der Waals surface area contributed by atoms with Crippen molar-refractivity contribution in [2.75, 3.05) is 18.1 Å². The number of aliphatic hydroxyl groups is 1. The second-order valence-corrected chi connectivity index (χ2v) is 3.88. The third-order valence-electron chi connectivity index (χ3n) is 2.04. The second-order valence-electron chi connectivity index (χ2n) is 2.89. The average molecular weight is 203 g/mol. The Balaban J connectivity index is 2.72. The fourth-order valence-corrected chi connectivity index (χ4v) is 2.03. The van der Waals surface area contributed by atoms with Crippen LogP contribution in [0.15, 0.2) is 0 Å². The fourth-order valence-electron chi connectivity index (χ4n) is 1.30. The van der Waals surface area contributed by atoms with Crippen molar-refractivity contribution < 1.29 is 14.7 Å². The first-order chi connectivity index (χ1) is 6.20. The van der Waals surface area contributed by atoms with Crippen molar-refractivity contribution in [3.8, 4) is 0 Å². The van der Waals surface area contributed by atoms with Crippen molar-refractivity contribution in [2.45, 2.75) is 19.4 Å². The van der Waals surface area contributed by atoms with Crippen LogP contribution in [0.5, 0.6) is 0 Å². The van der Waals surface area contributed by atoms with Gasteiger partial charge in [0.1, 0.15) is 0 Å². The third kappa shape index (κ3) is 2.22. The molecule has 0 unspecified atom stereocenters. The van der Waals surface area contributed by atoms with Crippen molar-refractivity contribution in [1.29, 1.82) is 0 Å². The van der Waals surface area contributed by atoms with Crippen LogP contribution in [0.2, 0.25) is 0 Å². The molecule has 1 rings (SSSR count). The summed E-state index contributed by atoms with van der Waals surface area (Å²) in [5.74, 6) is 0.342. The van der Waals surface area contributed by atoms with E-state index in [-0.39, 0.29) is 24.5 Å². The van der Waals surface area contributed by atoms with E-state index < -0.39 is 0 Å². The number of carbonyl (C=O) groups excluding carboxylic acids is 2. The summed E-state index contributed by atoms with van der Waals surface area (Å²) in [5.41, 5.74) is 0. The van der Waals surface area contributed by atoms with Crippen LogP contribution in [0.4, 0.5) is 0 Å². The van der Waals surface area contributed by atoms with Crippen molar-refractivity contribution in [1.82, 2.24) is 4.90 Å². The van der Waals surface area contributed by atoms with E-state index in [1.807, 2.05) is 6.92 Å². The van der Waals surface area contributed by atoms with Gasteiger partial charge in [0, 0.05) is 0 Å². The number of thioether (sulfide) groups is 1. The summed E-state index contributed by atoms with van der Waals surface area (Å²) in [7, 11) is 0. The zero-order valence-electron chi connectivity index (χ0n) is 7.52. The summed E-state index contributed by atoms with van der Waals surface area (Å²) < 4.78 is 0. The van der Waals surface area contributed by atoms with Crippen LogP contribution < -0.4 is 0 Å². The second kappa shape index (κ2) is 4.62. The van der Waals surface area contributed by atoms with Crippen molar-refractivity contribution in [2.24, 2.45) is 0 Å². The van der Waals surface area contributed by atoms with Gasteiger partial charge in [-0.15, -0.1) is 11.8 Å². The predicted molar refractivity (Wildman–Crippen MR) is 50.3 cm³/mol. The molecular weight excluding hydrogens is 190 g/mol. The van der Waals surface area contributed by atoms with Crippen molar-refractivity contribution in [3.05, 3.63) is 0 Å². The monoisotopic (exact) mass is 203 g/mol. The Kier molecular flexibility index (Phi) is 3.74. The number of nitrogens with zero attached hydrogens (tertiary/aromatic N) is 1. The lowest BCUT2D eigenvalue weighted by atomic mass is 10.2. The molecule has 0 aromatic rings. The first-order valence-electron chi connectivity index (χ1n) is 4.24. The number of hydrogen-bond donors (Lipinski definition) is 1. The Hall–Kier alpha value is -0.550. The highest BCUT2D eigenvalue weighted by atomic mass is 32.2. The molecule has 1 N–H and O–H groups in total. The topological polar surface area (TPSA) is 57.6 Å². The molecule has 1 fully saturated rings. The normalized spacial score (nSPS) is 20.6. The molecular formula is C8H13NO3S. The molecule has 0 saturated carbocycles. The lowest BCUT2D eigenvalue weighted by Crippen LogP contribution is -2.50. The van der Waals surface area contributed by atoms with Gasteiger partial charge in [-0.05, 0) is 6.42 Å². The Morgan fingerprint density at radius 3 is 2.38 bits per heavy atom. The van der Waals surface area contributed by atoms with Crippen molar-refractivity contribution >= 4 is 23.6 Å². The minimum atomic E-state index is -0.333.